The quantitative estimate of drug-likeness (QED) is 0.839. The minimum atomic E-state index is -0.978. The number of nitrogens with one attached hydrogen (secondary N) is 1. The van der Waals surface area contributed by atoms with E-state index in [0.29, 0.717) is 0 Å². The summed E-state index contributed by atoms with van der Waals surface area (Å²) in [4.78, 5) is 12.1. The molecule has 0 saturated heterocycles. The fourth-order valence-corrected chi connectivity index (χ4v) is 2.16. The van der Waals surface area contributed by atoms with Crippen molar-refractivity contribution >= 4 is 17.7 Å². The van der Waals surface area contributed by atoms with Crippen LogP contribution in [0.1, 0.15) is 19.4 Å². The molecule has 0 fully saturated rings. The standard InChI is InChI=1S/C13H20N2OS/c1-10(9-17-3)15-12(16)13(2,14)11-7-5-4-6-8-11/h4-8,10H,9,14H2,1-3H3,(H,15,16). The maximum absolute atomic E-state index is 12.1. The SMILES string of the molecule is CSCC(C)NC(=O)C(C)(N)c1ccccc1. The Morgan fingerprint density at radius 1 is 1.47 bits per heavy atom. The van der Waals surface area contributed by atoms with Crippen molar-refractivity contribution in [3.63, 3.8) is 0 Å². The molecule has 1 aromatic carbocycles. The van der Waals surface area contributed by atoms with Gasteiger partial charge in [-0.1, -0.05) is 30.3 Å². The summed E-state index contributed by atoms with van der Waals surface area (Å²) in [5.74, 6) is 0.751. The molecule has 0 radical (unpaired) electrons. The third-order valence-electron chi connectivity index (χ3n) is 2.64. The van der Waals surface area contributed by atoms with Gasteiger partial charge in [0.25, 0.3) is 0 Å². The maximum Gasteiger partial charge on any atom is 0.244 e. The van der Waals surface area contributed by atoms with Gasteiger partial charge in [-0.15, -0.1) is 0 Å². The second kappa shape index (κ2) is 6.07. The fourth-order valence-electron chi connectivity index (χ4n) is 1.58. The third-order valence-corrected chi connectivity index (χ3v) is 3.47. The molecule has 0 aliphatic rings. The normalized spacial score (nSPS) is 16.0. The predicted octanol–water partition coefficient (Wildman–Crippen LogP) is 1.73. The molecule has 3 nitrogen and oxygen atoms in total. The van der Waals surface area contributed by atoms with E-state index < -0.39 is 5.54 Å². The van der Waals surface area contributed by atoms with Gasteiger partial charge in [-0.2, -0.15) is 11.8 Å². The first-order chi connectivity index (χ1) is 7.98. The third kappa shape index (κ3) is 3.75. The van der Waals surface area contributed by atoms with E-state index >= 15 is 0 Å². The first-order valence-electron chi connectivity index (χ1n) is 5.62. The molecule has 2 unspecified atom stereocenters. The molecule has 1 aromatic rings. The molecule has 94 valence electrons. The topological polar surface area (TPSA) is 55.1 Å². The van der Waals surface area contributed by atoms with Crippen LogP contribution in [0.2, 0.25) is 0 Å². The van der Waals surface area contributed by atoms with Gasteiger partial charge in [-0.05, 0) is 25.7 Å². The Morgan fingerprint density at radius 3 is 2.59 bits per heavy atom. The van der Waals surface area contributed by atoms with Crippen molar-refractivity contribution in [2.24, 2.45) is 5.73 Å². The summed E-state index contributed by atoms with van der Waals surface area (Å²) >= 11 is 1.70. The van der Waals surface area contributed by atoms with Gasteiger partial charge in [0.1, 0.15) is 5.54 Å². The summed E-state index contributed by atoms with van der Waals surface area (Å²) in [5, 5.41) is 2.93. The molecule has 0 bridgehead atoms. The molecule has 0 saturated carbocycles. The molecule has 0 spiro atoms. The zero-order valence-corrected chi connectivity index (χ0v) is 11.4. The van der Waals surface area contributed by atoms with Crippen LogP contribution in [0.5, 0.6) is 0 Å². The minimum absolute atomic E-state index is 0.129. The van der Waals surface area contributed by atoms with Gasteiger partial charge in [0.05, 0.1) is 0 Å². The lowest BCUT2D eigenvalue weighted by molar-refractivity contribution is -0.126. The van der Waals surface area contributed by atoms with Crippen LogP contribution in [0, 0.1) is 0 Å². The van der Waals surface area contributed by atoms with Crippen LogP contribution in [-0.4, -0.2) is 24.0 Å². The van der Waals surface area contributed by atoms with Gasteiger partial charge in [-0.3, -0.25) is 4.79 Å². The van der Waals surface area contributed by atoms with E-state index in [1.54, 1.807) is 18.7 Å². The van der Waals surface area contributed by atoms with Crippen LogP contribution in [0.4, 0.5) is 0 Å². The molecule has 0 aromatic heterocycles. The van der Waals surface area contributed by atoms with Gasteiger partial charge >= 0.3 is 0 Å². The van der Waals surface area contributed by atoms with E-state index in [1.807, 2.05) is 43.5 Å². The van der Waals surface area contributed by atoms with E-state index in [4.69, 9.17) is 5.73 Å². The number of benzene rings is 1. The second-order valence-electron chi connectivity index (χ2n) is 4.40. The van der Waals surface area contributed by atoms with Crippen molar-refractivity contribution in [2.75, 3.05) is 12.0 Å². The van der Waals surface area contributed by atoms with E-state index in [-0.39, 0.29) is 11.9 Å². The summed E-state index contributed by atoms with van der Waals surface area (Å²) in [7, 11) is 0. The zero-order chi connectivity index (χ0) is 12.9. The van der Waals surface area contributed by atoms with Gasteiger partial charge in [0.2, 0.25) is 5.91 Å². The number of carbonyl (C=O) groups is 1. The largest absolute Gasteiger partial charge is 0.351 e. The van der Waals surface area contributed by atoms with E-state index in [2.05, 4.69) is 5.32 Å². The molecule has 0 heterocycles. The highest BCUT2D eigenvalue weighted by molar-refractivity contribution is 7.98. The van der Waals surface area contributed by atoms with E-state index in [0.717, 1.165) is 11.3 Å². The van der Waals surface area contributed by atoms with Gasteiger partial charge < -0.3 is 11.1 Å². The van der Waals surface area contributed by atoms with E-state index in [1.165, 1.54) is 0 Å². The van der Waals surface area contributed by atoms with Crippen LogP contribution >= 0.6 is 11.8 Å². The molecule has 2 atom stereocenters. The molecule has 3 N–H and O–H groups in total. The van der Waals surface area contributed by atoms with Crippen LogP contribution in [0.3, 0.4) is 0 Å². The monoisotopic (exact) mass is 252 g/mol. The predicted molar refractivity (Wildman–Crippen MR) is 74.0 cm³/mol. The van der Waals surface area contributed by atoms with Crippen LogP contribution in [0.25, 0.3) is 0 Å². The number of hydrogen-bond donors (Lipinski definition) is 2. The number of thioether (sulfide) groups is 1. The first kappa shape index (κ1) is 14.1. The molecule has 1 amide bonds. The van der Waals surface area contributed by atoms with Crippen molar-refractivity contribution in [3.05, 3.63) is 35.9 Å². The molecule has 17 heavy (non-hydrogen) atoms. The lowest BCUT2D eigenvalue weighted by Crippen LogP contribution is -2.51. The Hall–Kier alpha value is -1.00. The highest BCUT2D eigenvalue weighted by Gasteiger charge is 2.30. The number of hydrogen-bond acceptors (Lipinski definition) is 3. The Bertz CT molecular complexity index is 365. The van der Waals surface area contributed by atoms with Crippen LogP contribution in [-0.2, 0) is 10.3 Å². The Morgan fingerprint density at radius 2 is 2.06 bits per heavy atom. The van der Waals surface area contributed by atoms with Crippen molar-refractivity contribution in [1.29, 1.82) is 0 Å². The van der Waals surface area contributed by atoms with Crippen LogP contribution in [0.15, 0.2) is 30.3 Å². The molecule has 0 aliphatic heterocycles. The Labute approximate surface area is 107 Å². The van der Waals surface area contributed by atoms with Crippen LogP contribution < -0.4 is 11.1 Å². The number of carbonyl (C=O) groups excluding carboxylic acids is 1. The van der Waals surface area contributed by atoms with Crippen molar-refractivity contribution in [1.82, 2.24) is 5.32 Å². The fraction of sp³-hybridized carbons (Fsp3) is 0.462. The first-order valence-corrected chi connectivity index (χ1v) is 7.02. The van der Waals surface area contributed by atoms with Gasteiger partial charge in [-0.25, -0.2) is 0 Å². The lowest BCUT2D eigenvalue weighted by atomic mass is 9.92. The number of nitrogens with two attached hydrogens (primary N) is 1. The average Bonchev–Trinajstić information content (AvgIpc) is 2.30. The molecule has 4 heteroatoms. The molecule has 1 rings (SSSR count). The second-order valence-corrected chi connectivity index (χ2v) is 5.31. The van der Waals surface area contributed by atoms with Gasteiger partial charge in [0, 0.05) is 11.8 Å². The van der Waals surface area contributed by atoms with Crippen molar-refractivity contribution < 1.29 is 4.79 Å². The summed E-state index contributed by atoms with van der Waals surface area (Å²) in [5.41, 5.74) is 5.96. The Balaban J connectivity index is 2.74. The summed E-state index contributed by atoms with van der Waals surface area (Å²) in [6, 6.07) is 9.56. The minimum Gasteiger partial charge on any atom is -0.351 e. The summed E-state index contributed by atoms with van der Waals surface area (Å²) in [6.45, 7) is 3.72. The Kier molecular flexibility index (Phi) is 5.02. The highest BCUT2D eigenvalue weighted by atomic mass is 32.2. The zero-order valence-electron chi connectivity index (χ0n) is 10.6. The van der Waals surface area contributed by atoms with E-state index in [9.17, 15) is 4.79 Å². The summed E-state index contributed by atoms with van der Waals surface area (Å²) in [6.07, 6.45) is 2.02. The molecular formula is C13H20N2OS. The van der Waals surface area contributed by atoms with Gasteiger partial charge in [0.15, 0.2) is 0 Å². The number of rotatable bonds is 5. The van der Waals surface area contributed by atoms with Crippen molar-refractivity contribution in [2.45, 2.75) is 25.4 Å². The lowest BCUT2D eigenvalue weighted by Gasteiger charge is -2.26. The molecule has 0 aliphatic carbocycles. The average molecular weight is 252 g/mol. The van der Waals surface area contributed by atoms with Crippen molar-refractivity contribution in [3.8, 4) is 0 Å². The molecular weight excluding hydrogens is 232 g/mol. The number of amides is 1. The maximum atomic E-state index is 12.1. The smallest absolute Gasteiger partial charge is 0.244 e. The highest BCUT2D eigenvalue weighted by Crippen LogP contribution is 2.17. The summed E-state index contributed by atoms with van der Waals surface area (Å²) < 4.78 is 0.